The van der Waals surface area contributed by atoms with Crippen LogP contribution in [0.5, 0.6) is 0 Å². The molecule has 84 valence electrons. The third-order valence-corrected chi connectivity index (χ3v) is 2.96. The largest absolute Gasteiger partial charge is 0.207 e. The van der Waals surface area contributed by atoms with Crippen molar-refractivity contribution in [1.82, 2.24) is 0 Å². The van der Waals surface area contributed by atoms with Crippen molar-refractivity contribution in [3.63, 3.8) is 0 Å². The minimum absolute atomic E-state index is 0.313. The second-order valence-electron chi connectivity index (χ2n) is 3.80. The Morgan fingerprint density at radius 3 is 2.65 bits per heavy atom. The van der Waals surface area contributed by atoms with Gasteiger partial charge in [-0.05, 0) is 42.3 Å². The maximum atomic E-state index is 13.2. The van der Waals surface area contributed by atoms with Gasteiger partial charge in [0.25, 0.3) is 0 Å². The minimum atomic E-state index is -0.313. The van der Waals surface area contributed by atoms with Crippen LogP contribution in [0.3, 0.4) is 0 Å². The molecule has 2 aromatic rings. The zero-order chi connectivity index (χ0) is 12.4. The summed E-state index contributed by atoms with van der Waals surface area (Å²) in [6, 6.07) is 9.93. The van der Waals surface area contributed by atoms with Gasteiger partial charge in [-0.25, -0.2) is 4.39 Å². The molecule has 0 aliphatic heterocycles. The van der Waals surface area contributed by atoms with Crippen LogP contribution in [0.4, 0.5) is 4.39 Å². The smallest absolute Gasteiger partial charge is 0.123 e. The number of terminal acetylenes is 1. The summed E-state index contributed by atoms with van der Waals surface area (Å²) in [5.41, 5.74) is 3.29. The summed E-state index contributed by atoms with van der Waals surface area (Å²) in [6.07, 6.45) is 5.41. The van der Waals surface area contributed by atoms with E-state index in [0.29, 0.717) is 10.6 Å². The van der Waals surface area contributed by atoms with Crippen molar-refractivity contribution in [3.05, 3.63) is 58.4 Å². The monoisotopic (exact) mass is 244 g/mol. The molecule has 0 heterocycles. The second-order valence-corrected chi connectivity index (χ2v) is 4.21. The van der Waals surface area contributed by atoms with Gasteiger partial charge in [0, 0.05) is 16.1 Å². The molecule has 0 aliphatic carbocycles. The van der Waals surface area contributed by atoms with Crippen molar-refractivity contribution in [1.29, 1.82) is 0 Å². The predicted octanol–water partition coefficient (Wildman–Crippen LogP) is 4.44. The zero-order valence-corrected chi connectivity index (χ0v) is 10.1. The fourth-order valence-electron chi connectivity index (χ4n) is 1.66. The van der Waals surface area contributed by atoms with Crippen LogP contribution in [0.15, 0.2) is 36.4 Å². The van der Waals surface area contributed by atoms with Crippen LogP contribution in [0.25, 0.3) is 11.1 Å². The molecule has 0 nitrogen and oxygen atoms in total. The van der Waals surface area contributed by atoms with Gasteiger partial charge in [-0.3, -0.25) is 0 Å². The molecular formula is C15H10ClF. The van der Waals surface area contributed by atoms with Crippen molar-refractivity contribution in [2.75, 3.05) is 0 Å². The Hall–Kier alpha value is -1.78. The predicted molar refractivity (Wildman–Crippen MR) is 69.5 cm³/mol. The van der Waals surface area contributed by atoms with Gasteiger partial charge < -0.3 is 0 Å². The average molecular weight is 245 g/mol. The maximum absolute atomic E-state index is 13.2. The van der Waals surface area contributed by atoms with E-state index in [9.17, 15) is 4.39 Å². The molecule has 0 saturated carbocycles. The maximum Gasteiger partial charge on any atom is 0.123 e. The molecular weight excluding hydrogens is 235 g/mol. The van der Waals surface area contributed by atoms with Gasteiger partial charge in [-0.15, -0.1) is 6.42 Å². The Morgan fingerprint density at radius 1 is 1.18 bits per heavy atom. The molecule has 0 amide bonds. The van der Waals surface area contributed by atoms with E-state index in [-0.39, 0.29) is 5.82 Å². The third-order valence-electron chi connectivity index (χ3n) is 2.63. The van der Waals surface area contributed by atoms with Crippen LogP contribution in [0.2, 0.25) is 5.02 Å². The van der Waals surface area contributed by atoms with E-state index in [0.717, 1.165) is 16.7 Å². The topological polar surface area (TPSA) is 0 Å². The van der Waals surface area contributed by atoms with Crippen LogP contribution in [-0.4, -0.2) is 0 Å². The highest BCUT2D eigenvalue weighted by Gasteiger charge is 2.06. The van der Waals surface area contributed by atoms with E-state index in [1.807, 2.05) is 25.1 Å². The molecule has 2 rings (SSSR count). The number of aryl methyl sites for hydroxylation is 1. The van der Waals surface area contributed by atoms with Gasteiger partial charge in [0.2, 0.25) is 0 Å². The van der Waals surface area contributed by atoms with Gasteiger partial charge in [0.1, 0.15) is 5.82 Å². The molecule has 0 spiro atoms. The standard InChI is InChI=1S/C15H10ClF/c1-3-11-8-12(5-4-10(11)2)14-9-13(17)6-7-15(14)16/h1,4-9H,2H3. The first-order chi connectivity index (χ1) is 8.11. The lowest BCUT2D eigenvalue weighted by molar-refractivity contribution is 0.628. The molecule has 0 aromatic heterocycles. The van der Waals surface area contributed by atoms with Crippen molar-refractivity contribution in [2.24, 2.45) is 0 Å². The number of hydrogen-bond acceptors (Lipinski definition) is 0. The van der Waals surface area contributed by atoms with Crippen LogP contribution < -0.4 is 0 Å². The molecule has 0 fully saturated rings. The first-order valence-electron chi connectivity index (χ1n) is 5.14. The zero-order valence-electron chi connectivity index (χ0n) is 9.30. The summed E-state index contributed by atoms with van der Waals surface area (Å²) >= 11 is 6.05. The molecule has 0 atom stereocenters. The highest BCUT2D eigenvalue weighted by Crippen LogP contribution is 2.29. The van der Waals surface area contributed by atoms with Gasteiger partial charge >= 0.3 is 0 Å². The normalized spacial score (nSPS) is 10.0. The summed E-state index contributed by atoms with van der Waals surface area (Å²) in [7, 11) is 0. The Labute approximate surface area is 105 Å². The highest BCUT2D eigenvalue weighted by atomic mass is 35.5. The van der Waals surface area contributed by atoms with Gasteiger partial charge in [0.15, 0.2) is 0 Å². The van der Waals surface area contributed by atoms with Crippen LogP contribution >= 0.6 is 11.6 Å². The third kappa shape index (κ3) is 2.33. The van der Waals surface area contributed by atoms with E-state index >= 15 is 0 Å². The molecule has 0 bridgehead atoms. The summed E-state index contributed by atoms with van der Waals surface area (Å²) in [4.78, 5) is 0. The fraction of sp³-hybridized carbons (Fsp3) is 0.0667. The average Bonchev–Trinajstić information content (AvgIpc) is 2.33. The minimum Gasteiger partial charge on any atom is -0.207 e. The summed E-state index contributed by atoms with van der Waals surface area (Å²) < 4.78 is 13.2. The van der Waals surface area contributed by atoms with E-state index in [2.05, 4.69) is 5.92 Å². The molecule has 0 aliphatic rings. The molecule has 0 radical (unpaired) electrons. The first kappa shape index (κ1) is 11.7. The van der Waals surface area contributed by atoms with Gasteiger partial charge in [0.05, 0.1) is 0 Å². The van der Waals surface area contributed by atoms with E-state index in [4.69, 9.17) is 18.0 Å². The SMILES string of the molecule is C#Cc1cc(-c2cc(F)ccc2Cl)ccc1C. The molecule has 2 aromatic carbocycles. The Morgan fingerprint density at radius 2 is 1.94 bits per heavy atom. The summed E-state index contributed by atoms with van der Waals surface area (Å²) in [5, 5.41) is 0.512. The first-order valence-corrected chi connectivity index (χ1v) is 5.52. The van der Waals surface area contributed by atoms with Crippen molar-refractivity contribution >= 4 is 11.6 Å². The van der Waals surface area contributed by atoms with Crippen LogP contribution in [0, 0.1) is 25.1 Å². The molecule has 0 unspecified atom stereocenters. The second kappa shape index (κ2) is 4.61. The van der Waals surface area contributed by atoms with E-state index in [1.54, 1.807) is 6.07 Å². The highest BCUT2D eigenvalue weighted by molar-refractivity contribution is 6.33. The molecule has 2 heteroatoms. The molecule has 17 heavy (non-hydrogen) atoms. The molecule has 0 saturated heterocycles. The van der Waals surface area contributed by atoms with E-state index < -0.39 is 0 Å². The van der Waals surface area contributed by atoms with Crippen LogP contribution in [0.1, 0.15) is 11.1 Å². The van der Waals surface area contributed by atoms with Crippen molar-refractivity contribution < 1.29 is 4.39 Å². The fourth-order valence-corrected chi connectivity index (χ4v) is 1.89. The quantitative estimate of drug-likeness (QED) is 0.651. The number of halogens is 2. The lowest BCUT2D eigenvalue weighted by atomic mass is 10.00. The summed E-state index contributed by atoms with van der Waals surface area (Å²) in [6.45, 7) is 1.94. The Balaban J connectivity index is 2.61. The van der Waals surface area contributed by atoms with Crippen molar-refractivity contribution in [2.45, 2.75) is 6.92 Å². The van der Waals surface area contributed by atoms with Gasteiger partial charge in [-0.2, -0.15) is 0 Å². The summed E-state index contributed by atoms with van der Waals surface area (Å²) in [5.74, 6) is 2.29. The number of hydrogen-bond donors (Lipinski definition) is 0. The van der Waals surface area contributed by atoms with Gasteiger partial charge in [-0.1, -0.05) is 29.7 Å². The molecule has 0 N–H and O–H groups in total. The number of benzene rings is 2. The van der Waals surface area contributed by atoms with Crippen LogP contribution in [-0.2, 0) is 0 Å². The lowest BCUT2D eigenvalue weighted by Crippen LogP contribution is -1.86. The Kier molecular flexibility index (Phi) is 3.17. The number of rotatable bonds is 1. The Bertz CT molecular complexity index is 609. The van der Waals surface area contributed by atoms with Crippen molar-refractivity contribution in [3.8, 4) is 23.5 Å². The lowest BCUT2D eigenvalue weighted by Gasteiger charge is -2.07. The van der Waals surface area contributed by atoms with E-state index in [1.165, 1.54) is 12.1 Å².